The van der Waals surface area contributed by atoms with Crippen molar-refractivity contribution in [2.75, 3.05) is 13.2 Å². The highest BCUT2D eigenvalue weighted by Crippen LogP contribution is 2.27. The number of aliphatic hydroxyl groups excluding tert-OH is 1. The van der Waals surface area contributed by atoms with Crippen LogP contribution in [0.3, 0.4) is 0 Å². The van der Waals surface area contributed by atoms with Crippen LogP contribution in [-0.4, -0.2) is 35.4 Å². The SMILES string of the molecule is CC(Cc1ccccc1-c1ccc(OCC(=O)O)cc1)N[C@@H](CO)c1cccc(Cl)c1. The summed E-state index contributed by atoms with van der Waals surface area (Å²) in [6.45, 7) is 1.70. The van der Waals surface area contributed by atoms with Crippen LogP contribution in [0, 0.1) is 0 Å². The average Bonchev–Trinajstić information content (AvgIpc) is 2.77. The van der Waals surface area contributed by atoms with Gasteiger partial charge in [0, 0.05) is 11.1 Å². The topological polar surface area (TPSA) is 78.8 Å². The lowest BCUT2D eigenvalue weighted by Crippen LogP contribution is -2.34. The second-order valence-corrected chi connectivity index (χ2v) is 7.86. The van der Waals surface area contributed by atoms with Gasteiger partial charge in [-0.15, -0.1) is 0 Å². The Hall–Kier alpha value is -2.86. The van der Waals surface area contributed by atoms with Crippen molar-refractivity contribution < 1.29 is 19.7 Å². The Morgan fingerprint density at radius 3 is 2.48 bits per heavy atom. The summed E-state index contributed by atoms with van der Waals surface area (Å²) >= 11 is 6.10. The van der Waals surface area contributed by atoms with Crippen molar-refractivity contribution >= 4 is 17.6 Å². The fourth-order valence-corrected chi connectivity index (χ4v) is 3.76. The van der Waals surface area contributed by atoms with Gasteiger partial charge in [0.2, 0.25) is 0 Å². The number of nitrogens with one attached hydrogen (secondary N) is 1. The van der Waals surface area contributed by atoms with E-state index in [-0.39, 0.29) is 25.3 Å². The smallest absolute Gasteiger partial charge is 0.341 e. The van der Waals surface area contributed by atoms with Crippen LogP contribution in [0.25, 0.3) is 11.1 Å². The third-order valence-electron chi connectivity index (χ3n) is 4.99. The Morgan fingerprint density at radius 1 is 1.06 bits per heavy atom. The summed E-state index contributed by atoms with van der Waals surface area (Å²) in [5.74, 6) is -0.485. The quantitative estimate of drug-likeness (QED) is 0.426. The Kier molecular flexibility index (Phi) is 8.06. The van der Waals surface area contributed by atoms with Crippen molar-refractivity contribution in [1.29, 1.82) is 0 Å². The van der Waals surface area contributed by atoms with Gasteiger partial charge >= 0.3 is 5.97 Å². The van der Waals surface area contributed by atoms with Crippen LogP contribution in [0.15, 0.2) is 72.8 Å². The van der Waals surface area contributed by atoms with E-state index >= 15 is 0 Å². The molecule has 1 unspecified atom stereocenters. The van der Waals surface area contributed by atoms with Gasteiger partial charge in [0.25, 0.3) is 0 Å². The van der Waals surface area contributed by atoms with Gasteiger partial charge in [0.1, 0.15) is 5.75 Å². The predicted octanol–water partition coefficient (Wildman–Crippen LogP) is 4.72. The number of aliphatic carboxylic acids is 1. The summed E-state index contributed by atoms with van der Waals surface area (Å²) in [6, 6.07) is 23.0. The fourth-order valence-electron chi connectivity index (χ4n) is 3.57. The number of halogens is 1. The number of hydrogen-bond donors (Lipinski definition) is 3. The molecule has 31 heavy (non-hydrogen) atoms. The maximum atomic E-state index is 10.7. The lowest BCUT2D eigenvalue weighted by atomic mass is 9.95. The third kappa shape index (κ3) is 6.56. The van der Waals surface area contributed by atoms with Crippen LogP contribution < -0.4 is 10.1 Å². The number of carboxylic acid groups (broad SMARTS) is 1. The maximum Gasteiger partial charge on any atom is 0.341 e. The minimum atomic E-state index is -1.00. The van der Waals surface area contributed by atoms with Gasteiger partial charge in [0.05, 0.1) is 12.6 Å². The van der Waals surface area contributed by atoms with E-state index in [2.05, 4.69) is 24.4 Å². The Bertz CT molecular complexity index is 1010. The molecule has 0 spiro atoms. The first kappa shape index (κ1) is 22.8. The maximum absolute atomic E-state index is 10.7. The molecule has 3 rings (SSSR count). The molecule has 0 saturated carbocycles. The van der Waals surface area contributed by atoms with Crippen molar-refractivity contribution in [3.8, 4) is 16.9 Å². The summed E-state index contributed by atoms with van der Waals surface area (Å²) in [4.78, 5) is 10.7. The number of ether oxygens (including phenoxy) is 1. The van der Waals surface area contributed by atoms with Gasteiger partial charge in [-0.2, -0.15) is 0 Å². The van der Waals surface area contributed by atoms with Crippen LogP contribution in [0.1, 0.15) is 24.1 Å². The molecule has 0 bridgehead atoms. The molecule has 0 aromatic heterocycles. The summed E-state index contributed by atoms with van der Waals surface area (Å²) in [7, 11) is 0. The second kappa shape index (κ2) is 11.0. The lowest BCUT2D eigenvalue weighted by Gasteiger charge is -2.23. The zero-order chi connectivity index (χ0) is 22.2. The second-order valence-electron chi connectivity index (χ2n) is 7.43. The van der Waals surface area contributed by atoms with Gasteiger partial charge in [-0.1, -0.05) is 60.1 Å². The highest BCUT2D eigenvalue weighted by Gasteiger charge is 2.16. The van der Waals surface area contributed by atoms with E-state index in [9.17, 15) is 9.90 Å². The molecule has 0 saturated heterocycles. The molecule has 6 heteroatoms. The molecule has 3 N–H and O–H groups in total. The summed E-state index contributed by atoms with van der Waals surface area (Å²) in [5, 5.41) is 22.7. The molecular formula is C25H26ClNO4. The molecule has 5 nitrogen and oxygen atoms in total. The number of hydrogen-bond acceptors (Lipinski definition) is 4. The molecule has 0 aliphatic carbocycles. The van der Waals surface area contributed by atoms with Gasteiger partial charge in [-0.25, -0.2) is 4.79 Å². The number of carboxylic acids is 1. The first-order valence-electron chi connectivity index (χ1n) is 10.1. The largest absolute Gasteiger partial charge is 0.482 e. The van der Waals surface area contributed by atoms with Gasteiger partial charge in [-0.05, 0) is 59.9 Å². The van der Waals surface area contributed by atoms with E-state index < -0.39 is 5.97 Å². The molecule has 0 heterocycles. The van der Waals surface area contributed by atoms with Crippen molar-refractivity contribution in [2.45, 2.75) is 25.4 Å². The van der Waals surface area contributed by atoms with E-state index in [0.29, 0.717) is 10.8 Å². The number of rotatable bonds is 10. The van der Waals surface area contributed by atoms with Gasteiger partial charge < -0.3 is 20.3 Å². The number of carbonyl (C=O) groups is 1. The average molecular weight is 440 g/mol. The Balaban J connectivity index is 1.72. The molecule has 0 amide bonds. The predicted molar refractivity (Wildman–Crippen MR) is 123 cm³/mol. The summed E-state index contributed by atoms with van der Waals surface area (Å²) < 4.78 is 5.22. The summed E-state index contributed by atoms with van der Waals surface area (Å²) in [5.41, 5.74) is 4.25. The van der Waals surface area contributed by atoms with Crippen LogP contribution in [0.5, 0.6) is 5.75 Å². The van der Waals surface area contributed by atoms with Crippen molar-refractivity contribution in [3.63, 3.8) is 0 Å². The molecular weight excluding hydrogens is 414 g/mol. The molecule has 0 aliphatic heterocycles. The van der Waals surface area contributed by atoms with E-state index in [1.165, 1.54) is 5.56 Å². The zero-order valence-electron chi connectivity index (χ0n) is 17.3. The van der Waals surface area contributed by atoms with Crippen molar-refractivity contribution in [1.82, 2.24) is 5.32 Å². The van der Waals surface area contributed by atoms with Crippen LogP contribution in [-0.2, 0) is 11.2 Å². The highest BCUT2D eigenvalue weighted by molar-refractivity contribution is 6.30. The van der Waals surface area contributed by atoms with Crippen molar-refractivity contribution in [3.05, 3.63) is 88.9 Å². The van der Waals surface area contributed by atoms with E-state index in [0.717, 1.165) is 23.1 Å². The van der Waals surface area contributed by atoms with E-state index in [1.807, 2.05) is 48.5 Å². The van der Waals surface area contributed by atoms with Crippen molar-refractivity contribution in [2.24, 2.45) is 0 Å². The van der Waals surface area contributed by atoms with Gasteiger partial charge in [0.15, 0.2) is 6.61 Å². The Labute approximate surface area is 187 Å². The first-order valence-corrected chi connectivity index (χ1v) is 10.5. The van der Waals surface area contributed by atoms with Crippen LogP contribution >= 0.6 is 11.6 Å². The minimum absolute atomic E-state index is 0.0237. The molecule has 162 valence electrons. The number of aliphatic hydroxyl groups is 1. The standard InChI is InChI=1S/C25H26ClNO4/c1-17(27-24(15-28)20-6-4-7-21(26)14-20)13-19-5-2-3-8-23(19)18-9-11-22(12-10-18)31-16-25(29)30/h2-12,14,17,24,27-28H,13,15-16H2,1H3,(H,29,30)/t17?,24-/m0/s1. The molecule has 2 atom stereocenters. The van der Waals surface area contributed by atoms with E-state index in [4.69, 9.17) is 21.4 Å². The first-order chi connectivity index (χ1) is 15.0. The van der Waals surface area contributed by atoms with E-state index in [1.54, 1.807) is 12.1 Å². The highest BCUT2D eigenvalue weighted by atomic mass is 35.5. The molecule has 0 fully saturated rings. The molecule has 3 aromatic rings. The number of benzene rings is 3. The third-order valence-corrected chi connectivity index (χ3v) is 5.23. The normalized spacial score (nSPS) is 12.9. The fraction of sp³-hybridized carbons (Fsp3) is 0.240. The van der Waals surface area contributed by atoms with Gasteiger partial charge in [-0.3, -0.25) is 0 Å². The van der Waals surface area contributed by atoms with Crippen LogP contribution in [0.4, 0.5) is 0 Å². The molecule has 0 radical (unpaired) electrons. The minimum Gasteiger partial charge on any atom is -0.482 e. The Morgan fingerprint density at radius 2 is 1.81 bits per heavy atom. The summed E-state index contributed by atoms with van der Waals surface area (Å²) in [6.07, 6.45) is 0.768. The van der Waals surface area contributed by atoms with Crippen LogP contribution in [0.2, 0.25) is 5.02 Å². The monoisotopic (exact) mass is 439 g/mol. The molecule has 3 aromatic carbocycles. The molecule has 0 aliphatic rings. The zero-order valence-corrected chi connectivity index (χ0v) is 18.0. The lowest BCUT2D eigenvalue weighted by molar-refractivity contribution is -0.139.